The van der Waals surface area contributed by atoms with Gasteiger partial charge in [-0.05, 0) is 37.7 Å². The van der Waals surface area contributed by atoms with Crippen molar-refractivity contribution in [3.05, 3.63) is 28.8 Å². The van der Waals surface area contributed by atoms with Crippen LogP contribution >= 0.6 is 11.6 Å². The van der Waals surface area contributed by atoms with E-state index >= 15 is 0 Å². The molecular formula is C18H22ClNO4. The van der Waals surface area contributed by atoms with Crippen molar-refractivity contribution in [3.63, 3.8) is 0 Å². The molecule has 1 aliphatic heterocycles. The van der Waals surface area contributed by atoms with Crippen molar-refractivity contribution >= 4 is 23.5 Å². The summed E-state index contributed by atoms with van der Waals surface area (Å²) in [6, 6.07) is 5.36. The highest BCUT2D eigenvalue weighted by Crippen LogP contribution is 2.44. The highest BCUT2D eigenvalue weighted by atomic mass is 35.5. The highest BCUT2D eigenvalue weighted by Gasteiger charge is 2.46. The van der Waals surface area contributed by atoms with Gasteiger partial charge in [0.25, 0.3) is 0 Å². The topological polar surface area (TPSA) is 66.8 Å². The number of nitrogens with zero attached hydrogens (tertiary/aromatic N) is 1. The molecule has 0 unspecified atom stereocenters. The number of carboxylic acids is 1. The Hall–Kier alpha value is -1.75. The number of carbonyl (C=O) groups excluding carboxylic acids is 1. The first-order chi connectivity index (χ1) is 11.5. The number of amides is 1. The summed E-state index contributed by atoms with van der Waals surface area (Å²) in [6.07, 6.45) is 2.35. The van der Waals surface area contributed by atoms with Gasteiger partial charge in [-0.25, -0.2) is 0 Å². The Labute approximate surface area is 146 Å². The summed E-state index contributed by atoms with van der Waals surface area (Å²) in [7, 11) is 0. The molecule has 1 heterocycles. The van der Waals surface area contributed by atoms with Crippen LogP contribution in [0.2, 0.25) is 5.02 Å². The van der Waals surface area contributed by atoms with Crippen LogP contribution in [0.4, 0.5) is 0 Å². The van der Waals surface area contributed by atoms with Crippen LogP contribution in [0.15, 0.2) is 18.2 Å². The maximum atomic E-state index is 12.7. The summed E-state index contributed by atoms with van der Waals surface area (Å²) in [4.78, 5) is 25.8. The predicted molar refractivity (Wildman–Crippen MR) is 90.2 cm³/mol. The molecular weight excluding hydrogens is 330 g/mol. The largest absolute Gasteiger partial charge is 0.492 e. The van der Waals surface area contributed by atoms with E-state index in [1.807, 2.05) is 13.0 Å². The average Bonchev–Trinajstić information content (AvgIpc) is 3.28. The van der Waals surface area contributed by atoms with Crippen LogP contribution in [0.1, 0.15) is 25.3 Å². The Morgan fingerprint density at radius 1 is 1.33 bits per heavy atom. The lowest BCUT2D eigenvalue weighted by molar-refractivity contribution is -0.142. The second kappa shape index (κ2) is 7.01. The summed E-state index contributed by atoms with van der Waals surface area (Å²) < 4.78 is 5.56. The van der Waals surface area contributed by atoms with Gasteiger partial charge in [0.15, 0.2) is 0 Å². The minimum absolute atomic E-state index is 0.0624. The van der Waals surface area contributed by atoms with Crippen molar-refractivity contribution in [2.75, 3.05) is 19.7 Å². The normalized spacial score (nSPS) is 23.3. The van der Waals surface area contributed by atoms with Gasteiger partial charge in [-0.1, -0.05) is 23.7 Å². The van der Waals surface area contributed by atoms with Gasteiger partial charge in [0.2, 0.25) is 5.91 Å². The Kier molecular flexibility index (Phi) is 4.99. The van der Waals surface area contributed by atoms with Crippen LogP contribution in [-0.2, 0) is 16.0 Å². The second-order valence-corrected chi connectivity index (χ2v) is 6.99. The number of likely N-dealkylation sites (tertiary alicyclic amines) is 1. The third-order valence-electron chi connectivity index (χ3n) is 4.94. The van der Waals surface area contributed by atoms with Crippen LogP contribution < -0.4 is 4.74 Å². The Balaban J connectivity index is 1.72. The fraction of sp³-hybridized carbons (Fsp3) is 0.556. The lowest BCUT2D eigenvalue weighted by Gasteiger charge is -2.18. The minimum Gasteiger partial charge on any atom is -0.492 e. The van der Waals surface area contributed by atoms with Gasteiger partial charge in [0.1, 0.15) is 5.75 Å². The van der Waals surface area contributed by atoms with E-state index in [2.05, 4.69) is 0 Å². The molecule has 1 saturated heterocycles. The second-order valence-electron chi connectivity index (χ2n) is 6.58. The molecule has 1 aliphatic carbocycles. The quantitative estimate of drug-likeness (QED) is 0.855. The molecule has 2 fully saturated rings. The van der Waals surface area contributed by atoms with E-state index in [1.165, 1.54) is 0 Å². The molecule has 0 radical (unpaired) electrons. The average molecular weight is 352 g/mol. The summed E-state index contributed by atoms with van der Waals surface area (Å²) in [5, 5.41) is 9.91. The van der Waals surface area contributed by atoms with E-state index in [-0.39, 0.29) is 18.2 Å². The van der Waals surface area contributed by atoms with Crippen molar-refractivity contribution in [1.82, 2.24) is 4.90 Å². The van der Waals surface area contributed by atoms with E-state index < -0.39 is 11.9 Å². The van der Waals surface area contributed by atoms with Gasteiger partial charge >= 0.3 is 5.97 Å². The number of rotatable bonds is 6. The first kappa shape index (κ1) is 17.1. The van der Waals surface area contributed by atoms with Gasteiger partial charge in [-0.3, -0.25) is 9.59 Å². The fourth-order valence-corrected chi connectivity index (χ4v) is 3.82. The van der Waals surface area contributed by atoms with E-state index in [1.54, 1.807) is 17.0 Å². The van der Waals surface area contributed by atoms with Crippen LogP contribution in [0.3, 0.4) is 0 Å². The van der Waals surface area contributed by atoms with Crippen LogP contribution in [0.5, 0.6) is 5.75 Å². The number of ether oxygens (including phenoxy) is 1. The predicted octanol–water partition coefficient (Wildman–Crippen LogP) is 2.85. The molecule has 1 aromatic rings. The number of carboxylic acid groups (broad SMARTS) is 1. The SMILES string of the molecule is CCOc1c(Cl)cccc1CC(=O)N1C[C@H](C(=O)O)[C@@H](C2CC2)C1. The molecule has 1 N–H and O–H groups in total. The summed E-state index contributed by atoms with van der Waals surface area (Å²) in [6.45, 7) is 3.19. The van der Waals surface area contributed by atoms with E-state index in [0.717, 1.165) is 18.4 Å². The molecule has 130 valence electrons. The van der Waals surface area contributed by atoms with Crippen LogP contribution in [0.25, 0.3) is 0 Å². The number of benzene rings is 1. The van der Waals surface area contributed by atoms with Gasteiger partial charge in [-0.15, -0.1) is 0 Å². The molecule has 1 aromatic carbocycles. The van der Waals surface area contributed by atoms with Crippen molar-refractivity contribution in [2.24, 2.45) is 17.8 Å². The van der Waals surface area contributed by atoms with Crippen molar-refractivity contribution in [2.45, 2.75) is 26.2 Å². The number of halogens is 1. The molecule has 2 aliphatic rings. The zero-order chi connectivity index (χ0) is 17.3. The maximum absolute atomic E-state index is 12.7. The smallest absolute Gasteiger partial charge is 0.308 e. The number of hydrogen-bond acceptors (Lipinski definition) is 3. The first-order valence-electron chi connectivity index (χ1n) is 8.42. The monoisotopic (exact) mass is 351 g/mol. The molecule has 0 aromatic heterocycles. The number of para-hydroxylation sites is 1. The first-order valence-corrected chi connectivity index (χ1v) is 8.79. The molecule has 2 atom stereocenters. The molecule has 0 spiro atoms. The molecule has 3 rings (SSSR count). The Bertz CT molecular complexity index is 644. The molecule has 24 heavy (non-hydrogen) atoms. The Morgan fingerprint density at radius 2 is 2.08 bits per heavy atom. The number of aliphatic carboxylic acids is 1. The van der Waals surface area contributed by atoms with E-state index in [9.17, 15) is 14.7 Å². The fourth-order valence-electron chi connectivity index (χ4n) is 3.57. The molecule has 1 amide bonds. The third kappa shape index (κ3) is 3.51. The van der Waals surface area contributed by atoms with Crippen LogP contribution in [-0.4, -0.2) is 41.6 Å². The lowest BCUT2D eigenvalue weighted by atomic mass is 9.92. The van der Waals surface area contributed by atoms with Gasteiger partial charge < -0.3 is 14.7 Å². The highest BCUT2D eigenvalue weighted by molar-refractivity contribution is 6.32. The summed E-state index contributed by atoms with van der Waals surface area (Å²) in [5.41, 5.74) is 0.746. The molecule has 0 bridgehead atoms. The van der Waals surface area contributed by atoms with E-state index in [4.69, 9.17) is 16.3 Å². The molecule has 1 saturated carbocycles. The summed E-state index contributed by atoms with van der Waals surface area (Å²) >= 11 is 6.16. The number of hydrogen-bond donors (Lipinski definition) is 1. The van der Waals surface area contributed by atoms with Crippen molar-refractivity contribution in [1.29, 1.82) is 0 Å². The van der Waals surface area contributed by atoms with E-state index in [0.29, 0.717) is 36.4 Å². The van der Waals surface area contributed by atoms with Crippen molar-refractivity contribution in [3.8, 4) is 5.75 Å². The standard InChI is InChI=1S/C18H22ClNO4/c1-2-24-17-12(4-3-5-15(17)19)8-16(21)20-9-13(11-6-7-11)14(10-20)18(22)23/h3-5,11,13-14H,2,6-10H2,1H3,(H,22,23)/t13-,14+/m1/s1. The molecule has 6 heteroatoms. The van der Waals surface area contributed by atoms with Crippen molar-refractivity contribution < 1.29 is 19.4 Å². The summed E-state index contributed by atoms with van der Waals surface area (Å²) in [5.74, 6) is -0.186. The third-order valence-corrected chi connectivity index (χ3v) is 5.24. The Morgan fingerprint density at radius 3 is 2.71 bits per heavy atom. The van der Waals surface area contributed by atoms with Gasteiger partial charge in [0, 0.05) is 18.7 Å². The lowest BCUT2D eigenvalue weighted by Crippen LogP contribution is -2.31. The van der Waals surface area contributed by atoms with Crippen LogP contribution in [0, 0.1) is 17.8 Å². The zero-order valence-electron chi connectivity index (χ0n) is 13.7. The minimum atomic E-state index is -0.792. The molecule has 5 nitrogen and oxygen atoms in total. The maximum Gasteiger partial charge on any atom is 0.308 e. The number of carbonyl (C=O) groups is 2. The van der Waals surface area contributed by atoms with Gasteiger partial charge in [-0.2, -0.15) is 0 Å². The van der Waals surface area contributed by atoms with Gasteiger partial charge in [0.05, 0.1) is 24.0 Å². The zero-order valence-corrected chi connectivity index (χ0v) is 14.5.